The van der Waals surface area contributed by atoms with Crippen LogP contribution in [0, 0.1) is 0 Å². The van der Waals surface area contributed by atoms with E-state index in [0.29, 0.717) is 29.4 Å². The third-order valence-electron chi connectivity index (χ3n) is 2.13. The monoisotopic (exact) mass is 242 g/mol. The molecule has 0 bridgehead atoms. The average Bonchev–Trinajstić information content (AvgIpc) is 2.20. The van der Waals surface area contributed by atoms with Gasteiger partial charge in [-0.05, 0) is 26.0 Å². The number of ketones is 1. The van der Waals surface area contributed by atoms with Crippen molar-refractivity contribution in [3.8, 4) is 5.75 Å². The number of rotatable bonds is 5. The Hall–Kier alpha value is -1.06. The predicted octanol–water partition coefficient (Wildman–Crippen LogP) is 2.71. The Labute approximate surface area is 100.0 Å². The molecule has 0 saturated carbocycles. The molecule has 0 saturated heterocycles. The van der Waals surface area contributed by atoms with Crippen LogP contribution in [0.3, 0.4) is 0 Å². The van der Waals surface area contributed by atoms with Crippen LogP contribution in [0.5, 0.6) is 5.75 Å². The largest absolute Gasteiger partial charge is 0.507 e. The molecule has 0 heterocycles. The lowest BCUT2D eigenvalue weighted by Gasteiger charge is -2.10. The molecule has 3 nitrogen and oxygen atoms in total. The molecule has 0 amide bonds. The highest BCUT2D eigenvalue weighted by Crippen LogP contribution is 2.28. The highest BCUT2D eigenvalue weighted by Gasteiger charge is 2.11. The van der Waals surface area contributed by atoms with Gasteiger partial charge < -0.3 is 9.84 Å². The van der Waals surface area contributed by atoms with Crippen molar-refractivity contribution in [2.45, 2.75) is 26.9 Å². The molecule has 0 spiro atoms. The third kappa shape index (κ3) is 3.51. The predicted molar refractivity (Wildman–Crippen MR) is 62.8 cm³/mol. The molecule has 1 N–H and O–H groups in total. The number of carbonyl (C=O) groups is 1. The molecule has 88 valence electrons. The summed E-state index contributed by atoms with van der Waals surface area (Å²) in [6, 6.07) is 3.25. The third-order valence-corrected chi connectivity index (χ3v) is 2.35. The Kier molecular flexibility index (Phi) is 4.77. The molecular weight excluding hydrogens is 228 g/mol. The van der Waals surface area contributed by atoms with Gasteiger partial charge in [0.25, 0.3) is 0 Å². The molecule has 0 aromatic heterocycles. The second-order valence-corrected chi connectivity index (χ2v) is 4.03. The zero-order valence-corrected chi connectivity index (χ0v) is 10.2. The number of hydrogen-bond acceptors (Lipinski definition) is 3. The minimum Gasteiger partial charge on any atom is -0.507 e. The molecule has 0 radical (unpaired) electrons. The second-order valence-electron chi connectivity index (χ2n) is 3.59. The smallest absolute Gasteiger partial charge is 0.134 e. The molecule has 1 aromatic rings. The molecule has 1 rings (SSSR count). The van der Waals surface area contributed by atoms with E-state index < -0.39 is 0 Å². The van der Waals surface area contributed by atoms with Gasteiger partial charge in [0.15, 0.2) is 0 Å². The van der Waals surface area contributed by atoms with Gasteiger partial charge in [-0.2, -0.15) is 0 Å². The van der Waals surface area contributed by atoms with Crippen molar-refractivity contribution in [1.82, 2.24) is 0 Å². The van der Waals surface area contributed by atoms with Crippen molar-refractivity contribution in [3.63, 3.8) is 0 Å². The van der Waals surface area contributed by atoms with Crippen LogP contribution in [-0.4, -0.2) is 17.5 Å². The summed E-state index contributed by atoms with van der Waals surface area (Å²) in [6.45, 7) is 4.21. The Morgan fingerprint density at radius 2 is 2.06 bits per heavy atom. The number of aromatic hydroxyl groups is 1. The van der Waals surface area contributed by atoms with Crippen LogP contribution in [0.4, 0.5) is 0 Å². The zero-order chi connectivity index (χ0) is 12.1. The van der Waals surface area contributed by atoms with Crippen LogP contribution < -0.4 is 0 Å². The van der Waals surface area contributed by atoms with E-state index >= 15 is 0 Å². The quantitative estimate of drug-likeness (QED) is 0.864. The highest BCUT2D eigenvalue weighted by molar-refractivity contribution is 6.30. The maximum Gasteiger partial charge on any atom is 0.134 e. The van der Waals surface area contributed by atoms with E-state index in [9.17, 15) is 9.90 Å². The average molecular weight is 243 g/mol. The fourth-order valence-electron chi connectivity index (χ4n) is 1.44. The molecule has 0 aliphatic heterocycles. The number of Topliss-reactive ketones (excluding diaryl/α,β-unsaturated/α-hetero) is 1. The summed E-state index contributed by atoms with van der Waals surface area (Å²) in [5, 5.41) is 10.4. The summed E-state index contributed by atoms with van der Waals surface area (Å²) in [5.74, 6) is 0.0907. The van der Waals surface area contributed by atoms with Crippen molar-refractivity contribution in [2.75, 3.05) is 6.61 Å². The van der Waals surface area contributed by atoms with Gasteiger partial charge >= 0.3 is 0 Å². The first-order chi connectivity index (χ1) is 7.54. The van der Waals surface area contributed by atoms with E-state index in [4.69, 9.17) is 16.3 Å². The van der Waals surface area contributed by atoms with Crippen LogP contribution in [-0.2, 0) is 22.6 Å². The van der Waals surface area contributed by atoms with Crippen LogP contribution in [0.2, 0.25) is 5.02 Å². The number of phenols is 1. The van der Waals surface area contributed by atoms with Gasteiger partial charge in [0.2, 0.25) is 0 Å². The summed E-state index contributed by atoms with van der Waals surface area (Å²) in [5.41, 5.74) is 1.17. The normalized spacial score (nSPS) is 10.4. The van der Waals surface area contributed by atoms with Crippen molar-refractivity contribution < 1.29 is 14.6 Å². The lowest BCUT2D eigenvalue weighted by Crippen LogP contribution is -2.00. The van der Waals surface area contributed by atoms with Crippen LogP contribution >= 0.6 is 11.6 Å². The number of hydrogen-bond donors (Lipinski definition) is 1. The van der Waals surface area contributed by atoms with Crippen LogP contribution in [0.15, 0.2) is 12.1 Å². The van der Waals surface area contributed by atoms with Gasteiger partial charge in [-0.15, -0.1) is 0 Å². The van der Waals surface area contributed by atoms with E-state index in [1.165, 1.54) is 6.92 Å². The summed E-state index contributed by atoms with van der Waals surface area (Å²) >= 11 is 5.91. The van der Waals surface area contributed by atoms with Crippen molar-refractivity contribution in [2.24, 2.45) is 0 Å². The summed E-state index contributed by atoms with van der Waals surface area (Å²) in [7, 11) is 0. The molecular formula is C12H15ClO3. The van der Waals surface area contributed by atoms with Crippen molar-refractivity contribution in [3.05, 3.63) is 28.3 Å². The lowest BCUT2D eigenvalue weighted by molar-refractivity contribution is -0.116. The first kappa shape index (κ1) is 13.0. The standard InChI is InChI=1S/C12H15ClO3/c1-3-16-7-10-6-11(13)5-9(12(10)15)4-8(2)14/h5-6,15H,3-4,7H2,1-2H3. The van der Waals surface area contributed by atoms with E-state index in [1.807, 2.05) is 6.92 Å². The molecule has 0 atom stereocenters. The topological polar surface area (TPSA) is 46.5 Å². The maximum atomic E-state index is 11.0. The second kappa shape index (κ2) is 5.87. The molecule has 1 aromatic carbocycles. The molecule has 0 fully saturated rings. The fourth-order valence-corrected chi connectivity index (χ4v) is 1.71. The number of ether oxygens (including phenoxy) is 1. The molecule has 16 heavy (non-hydrogen) atoms. The minimum atomic E-state index is -0.0140. The van der Waals surface area contributed by atoms with Crippen LogP contribution in [0.1, 0.15) is 25.0 Å². The van der Waals surface area contributed by atoms with Gasteiger partial charge in [0, 0.05) is 29.2 Å². The zero-order valence-electron chi connectivity index (χ0n) is 9.42. The fraction of sp³-hybridized carbons (Fsp3) is 0.417. The van der Waals surface area contributed by atoms with E-state index in [2.05, 4.69) is 0 Å². The van der Waals surface area contributed by atoms with Gasteiger partial charge in [-0.25, -0.2) is 0 Å². The summed E-state index contributed by atoms with van der Waals surface area (Å²) < 4.78 is 5.21. The Morgan fingerprint density at radius 3 is 2.62 bits per heavy atom. The number of halogens is 1. The number of benzene rings is 1. The Morgan fingerprint density at radius 1 is 1.44 bits per heavy atom. The number of carbonyl (C=O) groups excluding carboxylic acids is 1. The SMILES string of the molecule is CCOCc1cc(Cl)cc(CC(C)=O)c1O. The van der Waals surface area contributed by atoms with Gasteiger partial charge in [0.05, 0.1) is 6.61 Å². The maximum absolute atomic E-state index is 11.0. The minimum absolute atomic E-state index is 0.0140. The first-order valence-corrected chi connectivity index (χ1v) is 5.49. The molecule has 0 aliphatic carbocycles. The van der Waals surface area contributed by atoms with Gasteiger partial charge in [0.1, 0.15) is 11.5 Å². The molecule has 4 heteroatoms. The lowest BCUT2D eigenvalue weighted by atomic mass is 10.0. The van der Waals surface area contributed by atoms with E-state index in [0.717, 1.165) is 0 Å². The van der Waals surface area contributed by atoms with Crippen molar-refractivity contribution in [1.29, 1.82) is 0 Å². The van der Waals surface area contributed by atoms with Crippen molar-refractivity contribution >= 4 is 17.4 Å². The highest BCUT2D eigenvalue weighted by atomic mass is 35.5. The summed E-state index contributed by atoms with van der Waals surface area (Å²) in [6.07, 6.45) is 0.186. The van der Waals surface area contributed by atoms with Gasteiger partial charge in [-0.3, -0.25) is 4.79 Å². The van der Waals surface area contributed by atoms with E-state index in [-0.39, 0.29) is 18.0 Å². The van der Waals surface area contributed by atoms with Crippen LogP contribution in [0.25, 0.3) is 0 Å². The van der Waals surface area contributed by atoms with Gasteiger partial charge in [-0.1, -0.05) is 11.6 Å². The Bertz CT molecular complexity index is 388. The summed E-state index contributed by atoms with van der Waals surface area (Å²) in [4.78, 5) is 11.0. The molecule has 0 aliphatic rings. The first-order valence-electron chi connectivity index (χ1n) is 5.12. The van der Waals surface area contributed by atoms with E-state index in [1.54, 1.807) is 12.1 Å². The number of phenolic OH excluding ortho intramolecular Hbond substituents is 1. The Balaban J connectivity index is 3.00. The molecule has 0 unspecified atom stereocenters.